The quantitative estimate of drug-likeness (QED) is 0.831. The van der Waals surface area contributed by atoms with Crippen LogP contribution in [-0.4, -0.2) is 32.7 Å². The summed E-state index contributed by atoms with van der Waals surface area (Å²) in [5.74, 6) is 1.52. The lowest BCUT2D eigenvalue weighted by Crippen LogP contribution is -2.04. The molecule has 22 heavy (non-hydrogen) atoms. The maximum atomic E-state index is 11.1. The van der Waals surface area contributed by atoms with Crippen molar-refractivity contribution in [1.29, 1.82) is 0 Å². The Hall–Kier alpha value is -2.53. The Morgan fingerprint density at radius 1 is 0.955 bits per heavy atom. The van der Waals surface area contributed by atoms with Gasteiger partial charge in [-0.3, -0.25) is 4.79 Å². The highest BCUT2D eigenvalue weighted by Crippen LogP contribution is 2.35. The number of benzene rings is 2. The number of rotatable bonds is 6. The average molecular weight is 302 g/mol. The molecule has 0 fully saturated rings. The van der Waals surface area contributed by atoms with Crippen LogP contribution in [0.3, 0.4) is 0 Å². The van der Waals surface area contributed by atoms with Gasteiger partial charge in [-0.15, -0.1) is 0 Å². The Kier molecular flexibility index (Phi) is 5.01. The molecule has 0 aliphatic rings. The van der Waals surface area contributed by atoms with Gasteiger partial charge < -0.3 is 19.3 Å². The van der Waals surface area contributed by atoms with Crippen molar-refractivity contribution in [3.63, 3.8) is 0 Å². The number of carbonyl (C=O) groups is 1. The summed E-state index contributed by atoms with van der Waals surface area (Å²) in [6.07, 6.45) is -0.222. The summed E-state index contributed by atoms with van der Waals surface area (Å²) in [7, 11) is 4.54. The van der Waals surface area contributed by atoms with Gasteiger partial charge in [0.1, 0.15) is 23.4 Å². The molecule has 116 valence electrons. The molecule has 0 saturated carbocycles. The van der Waals surface area contributed by atoms with Crippen LogP contribution in [0.4, 0.5) is 0 Å². The van der Waals surface area contributed by atoms with Gasteiger partial charge >= 0.3 is 0 Å². The van der Waals surface area contributed by atoms with Crippen molar-refractivity contribution in [2.45, 2.75) is 6.10 Å². The van der Waals surface area contributed by atoms with Crippen LogP contribution in [0, 0.1) is 0 Å². The highest BCUT2D eigenvalue weighted by atomic mass is 16.5. The molecule has 2 rings (SSSR count). The third-order valence-corrected chi connectivity index (χ3v) is 3.44. The topological polar surface area (TPSA) is 65.0 Å². The number of aliphatic hydroxyl groups is 1. The fourth-order valence-corrected chi connectivity index (χ4v) is 2.22. The number of aliphatic hydroxyl groups excluding tert-OH is 1. The standard InChI is InChI=1S/C17H18O5/c1-20-13-6-4-11(5-7-13)17(19)14-9-15(21-2)12(10-18)8-16(14)22-3/h4-10,17,19H,1-3H3. The molecule has 0 saturated heterocycles. The van der Waals surface area contributed by atoms with E-state index in [0.29, 0.717) is 40.2 Å². The van der Waals surface area contributed by atoms with Gasteiger partial charge in [0.15, 0.2) is 6.29 Å². The van der Waals surface area contributed by atoms with Gasteiger partial charge in [0.05, 0.1) is 26.9 Å². The fraction of sp³-hybridized carbons (Fsp3) is 0.235. The second kappa shape index (κ2) is 6.95. The van der Waals surface area contributed by atoms with Crippen molar-refractivity contribution in [3.05, 3.63) is 53.1 Å². The monoisotopic (exact) mass is 302 g/mol. The lowest BCUT2D eigenvalue weighted by Gasteiger charge is -2.17. The maximum absolute atomic E-state index is 11.1. The van der Waals surface area contributed by atoms with Crippen LogP contribution in [0.2, 0.25) is 0 Å². The van der Waals surface area contributed by atoms with Crippen molar-refractivity contribution < 1.29 is 24.1 Å². The van der Waals surface area contributed by atoms with Crippen molar-refractivity contribution >= 4 is 6.29 Å². The second-order valence-electron chi connectivity index (χ2n) is 4.63. The van der Waals surface area contributed by atoms with E-state index in [-0.39, 0.29) is 0 Å². The van der Waals surface area contributed by atoms with E-state index in [4.69, 9.17) is 14.2 Å². The predicted molar refractivity (Wildman–Crippen MR) is 82.0 cm³/mol. The molecule has 2 aromatic rings. The van der Waals surface area contributed by atoms with Crippen molar-refractivity contribution in [1.82, 2.24) is 0 Å². The van der Waals surface area contributed by atoms with Crippen molar-refractivity contribution in [2.75, 3.05) is 21.3 Å². The summed E-state index contributed by atoms with van der Waals surface area (Å²) in [6.45, 7) is 0. The van der Waals surface area contributed by atoms with E-state index in [1.165, 1.54) is 14.2 Å². The molecule has 5 heteroatoms. The van der Waals surface area contributed by atoms with Crippen LogP contribution < -0.4 is 14.2 Å². The van der Waals surface area contributed by atoms with Gasteiger partial charge in [-0.05, 0) is 29.8 Å². The Labute approximate surface area is 129 Å². The van der Waals surface area contributed by atoms with Gasteiger partial charge in [0, 0.05) is 5.56 Å². The molecular weight excluding hydrogens is 284 g/mol. The van der Waals surface area contributed by atoms with Gasteiger partial charge in [0.25, 0.3) is 0 Å². The summed E-state index contributed by atoms with van der Waals surface area (Å²) in [5.41, 5.74) is 1.57. The first-order chi connectivity index (χ1) is 10.6. The third-order valence-electron chi connectivity index (χ3n) is 3.44. The zero-order chi connectivity index (χ0) is 16.1. The smallest absolute Gasteiger partial charge is 0.153 e. The normalized spacial score (nSPS) is 11.6. The molecule has 2 aromatic carbocycles. The van der Waals surface area contributed by atoms with Crippen LogP contribution in [-0.2, 0) is 0 Å². The summed E-state index contributed by atoms with van der Waals surface area (Å²) >= 11 is 0. The second-order valence-corrected chi connectivity index (χ2v) is 4.63. The van der Waals surface area contributed by atoms with Crippen LogP contribution >= 0.6 is 0 Å². The lowest BCUT2D eigenvalue weighted by molar-refractivity contribution is 0.112. The van der Waals surface area contributed by atoms with E-state index in [0.717, 1.165) is 0 Å². The Morgan fingerprint density at radius 3 is 2.09 bits per heavy atom. The lowest BCUT2D eigenvalue weighted by atomic mass is 9.98. The molecule has 0 radical (unpaired) electrons. The number of carbonyl (C=O) groups excluding carboxylic acids is 1. The molecule has 5 nitrogen and oxygen atoms in total. The predicted octanol–water partition coefficient (Wildman–Crippen LogP) is 2.61. The summed E-state index contributed by atoms with van der Waals surface area (Å²) in [4.78, 5) is 11.1. The molecule has 1 N–H and O–H groups in total. The van der Waals surface area contributed by atoms with E-state index < -0.39 is 6.10 Å². The Morgan fingerprint density at radius 2 is 1.59 bits per heavy atom. The molecule has 0 aliphatic heterocycles. The molecule has 0 amide bonds. The molecule has 0 spiro atoms. The van der Waals surface area contributed by atoms with Crippen molar-refractivity contribution in [2.24, 2.45) is 0 Å². The molecule has 1 unspecified atom stereocenters. The summed E-state index contributed by atoms with van der Waals surface area (Å²) in [5, 5.41) is 10.6. The third kappa shape index (κ3) is 3.04. The first-order valence-electron chi connectivity index (χ1n) is 6.67. The minimum Gasteiger partial charge on any atom is -0.497 e. The highest BCUT2D eigenvalue weighted by Gasteiger charge is 2.19. The molecule has 1 atom stereocenters. The Balaban J connectivity index is 2.46. The molecule has 0 aromatic heterocycles. The summed E-state index contributed by atoms with van der Waals surface area (Å²) in [6, 6.07) is 10.2. The van der Waals surface area contributed by atoms with E-state index >= 15 is 0 Å². The van der Waals surface area contributed by atoms with Gasteiger partial charge in [-0.1, -0.05) is 12.1 Å². The zero-order valence-corrected chi connectivity index (χ0v) is 12.7. The average Bonchev–Trinajstić information content (AvgIpc) is 2.59. The largest absolute Gasteiger partial charge is 0.497 e. The van der Waals surface area contributed by atoms with E-state index in [1.807, 2.05) is 0 Å². The number of ether oxygens (including phenoxy) is 3. The van der Waals surface area contributed by atoms with Crippen LogP contribution in [0.25, 0.3) is 0 Å². The molecule has 0 bridgehead atoms. The van der Waals surface area contributed by atoms with Crippen LogP contribution in [0.5, 0.6) is 17.2 Å². The Bertz CT molecular complexity index is 649. The SMILES string of the molecule is COc1ccc(C(O)c2cc(OC)c(C=O)cc2OC)cc1. The zero-order valence-electron chi connectivity index (χ0n) is 12.7. The van der Waals surface area contributed by atoms with Gasteiger partial charge in [-0.2, -0.15) is 0 Å². The first kappa shape index (κ1) is 15.9. The van der Waals surface area contributed by atoms with E-state index in [1.54, 1.807) is 43.5 Å². The number of hydrogen-bond acceptors (Lipinski definition) is 5. The number of hydrogen-bond donors (Lipinski definition) is 1. The number of methoxy groups -OCH3 is 3. The minimum absolute atomic E-state index is 0.366. The van der Waals surface area contributed by atoms with Crippen LogP contribution in [0.1, 0.15) is 27.6 Å². The maximum Gasteiger partial charge on any atom is 0.153 e. The fourth-order valence-electron chi connectivity index (χ4n) is 2.22. The van der Waals surface area contributed by atoms with Gasteiger partial charge in [0.2, 0.25) is 0 Å². The molecule has 0 aliphatic carbocycles. The molecule has 0 heterocycles. The minimum atomic E-state index is -0.907. The molecular formula is C17H18O5. The van der Waals surface area contributed by atoms with Crippen LogP contribution in [0.15, 0.2) is 36.4 Å². The van der Waals surface area contributed by atoms with Gasteiger partial charge in [-0.25, -0.2) is 0 Å². The number of aldehydes is 1. The van der Waals surface area contributed by atoms with Crippen molar-refractivity contribution in [3.8, 4) is 17.2 Å². The summed E-state index contributed by atoms with van der Waals surface area (Å²) < 4.78 is 15.6. The van der Waals surface area contributed by atoms with E-state index in [9.17, 15) is 9.90 Å². The highest BCUT2D eigenvalue weighted by molar-refractivity contribution is 5.81. The first-order valence-corrected chi connectivity index (χ1v) is 6.67. The van der Waals surface area contributed by atoms with E-state index in [2.05, 4.69) is 0 Å².